The Kier molecular flexibility index (Phi) is 9.20. The highest BCUT2D eigenvalue weighted by molar-refractivity contribution is 5.81. The lowest BCUT2D eigenvalue weighted by Crippen LogP contribution is -2.11. The molecule has 0 aliphatic rings. The molecule has 0 fully saturated rings. The fraction of sp³-hybridized carbons (Fsp3) is 0.429. The van der Waals surface area contributed by atoms with Crippen molar-refractivity contribution in [2.24, 2.45) is 0 Å². The standard InChI is InChI=1S/C8H2F4O2.C6H14O2/c9-5-3(1-13)6(10)8(12)4(2-14)7(5)11;1-4-7-6(3)8-5-2/h1-2H;6H,4-5H2,1-3H3. The number of ether oxygens (including phenoxy) is 2. The number of hydrogen-bond acceptors (Lipinski definition) is 4. The van der Waals surface area contributed by atoms with Gasteiger partial charge in [0, 0.05) is 13.2 Å². The summed E-state index contributed by atoms with van der Waals surface area (Å²) in [5.41, 5.74) is -2.74. The molecule has 0 saturated carbocycles. The number of benzene rings is 1. The van der Waals surface area contributed by atoms with Crippen LogP contribution in [-0.2, 0) is 9.47 Å². The Labute approximate surface area is 125 Å². The van der Waals surface area contributed by atoms with E-state index in [1.807, 2.05) is 20.8 Å². The maximum atomic E-state index is 12.7. The third-order valence-electron chi connectivity index (χ3n) is 2.37. The molecule has 0 aliphatic heterocycles. The Morgan fingerprint density at radius 1 is 0.818 bits per heavy atom. The van der Waals surface area contributed by atoms with Crippen LogP contribution in [0, 0.1) is 23.3 Å². The van der Waals surface area contributed by atoms with Crippen molar-refractivity contribution in [1.29, 1.82) is 0 Å². The molecule has 0 spiro atoms. The second kappa shape index (κ2) is 10.0. The third-order valence-corrected chi connectivity index (χ3v) is 2.37. The molecule has 22 heavy (non-hydrogen) atoms. The van der Waals surface area contributed by atoms with Gasteiger partial charge in [-0.05, 0) is 20.8 Å². The maximum Gasteiger partial charge on any atom is 0.173 e. The number of aldehydes is 2. The molecular formula is C14H16F4O4. The Morgan fingerprint density at radius 3 is 1.27 bits per heavy atom. The first kappa shape index (κ1) is 20.2. The van der Waals surface area contributed by atoms with E-state index in [-0.39, 0.29) is 18.9 Å². The molecule has 0 aliphatic carbocycles. The molecule has 124 valence electrons. The summed E-state index contributed by atoms with van der Waals surface area (Å²) in [5.74, 6) is -7.50. The monoisotopic (exact) mass is 324 g/mol. The van der Waals surface area contributed by atoms with Crippen molar-refractivity contribution < 1.29 is 36.6 Å². The largest absolute Gasteiger partial charge is 0.353 e. The molecule has 4 nitrogen and oxygen atoms in total. The molecule has 1 aromatic rings. The van der Waals surface area contributed by atoms with E-state index in [1.165, 1.54) is 0 Å². The molecule has 1 aromatic carbocycles. The van der Waals surface area contributed by atoms with E-state index >= 15 is 0 Å². The molecule has 1 rings (SSSR count). The SMILES string of the molecule is CCOC(C)OCC.O=Cc1c(F)c(F)c(C=O)c(F)c1F. The predicted octanol–water partition coefficient (Wildman–Crippen LogP) is 3.27. The normalized spacial score (nSPS) is 10.2. The topological polar surface area (TPSA) is 52.6 Å². The van der Waals surface area contributed by atoms with Crippen LogP contribution in [0.1, 0.15) is 41.5 Å². The van der Waals surface area contributed by atoms with Gasteiger partial charge >= 0.3 is 0 Å². The zero-order chi connectivity index (χ0) is 17.3. The second-order valence-corrected chi connectivity index (χ2v) is 3.80. The van der Waals surface area contributed by atoms with Gasteiger partial charge < -0.3 is 9.47 Å². The summed E-state index contributed by atoms with van der Waals surface area (Å²) in [7, 11) is 0. The zero-order valence-corrected chi connectivity index (χ0v) is 12.3. The van der Waals surface area contributed by atoms with Crippen molar-refractivity contribution in [3.8, 4) is 0 Å². The first-order valence-electron chi connectivity index (χ1n) is 6.35. The lowest BCUT2D eigenvalue weighted by molar-refractivity contribution is -0.123. The van der Waals surface area contributed by atoms with Gasteiger partial charge in [0.05, 0.1) is 11.1 Å². The molecule has 0 amide bonds. The fourth-order valence-corrected chi connectivity index (χ4v) is 1.39. The van der Waals surface area contributed by atoms with Crippen molar-refractivity contribution in [2.75, 3.05) is 13.2 Å². The van der Waals surface area contributed by atoms with E-state index in [9.17, 15) is 27.2 Å². The Bertz CT molecular complexity index is 446. The van der Waals surface area contributed by atoms with Crippen LogP contribution in [0.3, 0.4) is 0 Å². The zero-order valence-electron chi connectivity index (χ0n) is 12.3. The molecule has 0 aromatic heterocycles. The number of carbonyl (C=O) groups is 2. The van der Waals surface area contributed by atoms with Crippen molar-refractivity contribution in [2.45, 2.75) is 27.1 Å². The smallest absolute Gasteiger partial charge is 0.173 e. The van der Waals surface area contributed by atoms with Crippen LogP contribution in [0.5, 0.6) is 0 Å². The van der Waals surface area contributed by atoms with Crippen LogP contribution in [0.4, 0.5) is 17.6 Å². The molecule has 0 unspecified atom stereocenters. The molecule has 0 heterocycles. The lowest BCUT2D eigenvalue weighted by Gasteiger charge is -2.09. The van der Waals surface area contributed by atoms with E-state index in [0.717, 1.165) is 13.2 Å². The van der Waals surface area contributed by atoms with Crippen LogP contribution < -0.4 is 0 Å². The number of rotatable bonds is 6. The van der Waals surface area contributed by atoms with Gasteiger partial charge in [0.15, 0.2) is 42.1 Å². The number of hydrogen-bond donors (Lipinski definition) is 0. The summed E-state index contributed by atoms with van der Waals surface area (Å²) in [4.78, 5) is 20.1. The van der Waals surface area contributed by atoms with Crippen molar-refractivity contribution in [3.63, 3.8) is 0 Å². The number of carbonyl (C=O) groups excluding carboxylic acids is 2. The van der Waals surface area contributed by atoms with Crippen molar-refractivity contribution >= 4 is 12.6 Å². The Hall–Kier alpha value is -1.80. The minimum Gasteiger partial charge on any atom is -0.353 e. The molecule has 0 N–H and O–H groups in total. The highest BCUT2D eigenvalue weighted by Crippen LogP contribution is 2.21. The summed E-state index contributed by atoms with van der Waals surface area (Å²) in [6, 6.07) is 0. The summed E-state index contributed by atoms with van der Waals surface area (Å²) >= 11 is 0. The molecule has 0 radical (unpaired) electrons. The summed E-state index contributed by atoms with van der Waals surface area (Å²) < 4.78 is 61.0. The molecular weight excluding hydrogens is 308 g/mol. The highest BCUT2D eigenvalue weighted by Gasteiger charge is 2.24. The van der Waals surface area contributed by atoms with Gasteiger partial charge in [0.25, 0.3) is 0 Å². The van der Waals surface area contributed by atoms with E-state index in [4.69, 9.17) is 9.47 Å². The van der Waals surface area contributed by atoms with Gasteiger partial charge in [0.1, 0.15) is 0 Å². The van der Waals surface area contributed by atoms with Gasteiger partial charge in [-0.1, -0.05) is 0 Å². The summed E-state index contributed by atoms with van der Waals surface area (Å²) in [6.07, 6.45) is -0.776. The van der Waals surface area contributed by atoms with Gasteiger partial charge in [-0.3, -0.25) is 9.59 Å². The quantitative estimate of drug-likeness (QED) is 0.349. The fourth-order valence-electron chi connectivity index (χ4n) is 1.39. The molecule has 0 atom stereocenters. The first-order valence-corrected chi connectivity index (χ1v) is 6.35. The van der Waals surface area contributed by atoms with Crippen LogP contribution in [0.25, 0.3) is 0 Å². The Balaban J connectivity index is 0.000000472. The Morgan fingerprint density at radius 2 is 1.09 bits per heavy atom. The van der Waals surface area contributed by atoms with Gasteiger partial charge in [-0.15, -0.1) is 0 Å². The predicted molar refractivity (Wildman–Crippen MR) is 69.8 cm³/mol. The first-order chi connectivity index (χ1) is 10.3. The minimum absolute atomic E-state index is 0.0370. The average molecular weight is 324 g/mol. The van der Waals surface area contributed by atoms with E-state index in [0.29, 0.717) is 0 Å². The molecule has 8 heteroatoms. The molecule has 0 saturated heterocycles. The minimum atomic E-state index is -1.87. The maximum absolute atomic E-state index is 12.7. The van der Waals surface area contributed by atoms with Gasteiger partial charge in [-0.2, -0.15) is 0 Å². The van der Waals surface area contributed by atoms with Crippen LogP contribution in [0.2, 0.25) is 0 Å². The summed E-state index contributed by atoms with van der Waals surface area (Å²) in [6.45, 7) is 7.25. The van der Waals surface area contributed by atoms with Crippen LogP contribution in [0.15, 0.2) is 0 Å². The second-order valence-electron chi connectivity index (χ2n) is 3.80. The van der Waals surface area contributed by atoms with Crippen LogP contribution >= 0.6 is 0 Å². The van der Waals surface area contributed by atoms with Crippen molar-refractivity contribution in [1.82, 2.24) is 0 Å². The lowest BCUT2D eigenvalue weighted by atomic mass is 10.1. The van der Waals surface area contributed by atoms with Crippen LogP contribution in [-0.4, -0.2) is 32.1 Å². The van der Waals surface area contributed by atoms with E-state index in [2.05, 4.69) is 0 Å². The van der Waals surface area contributed by atoms with Crippen molar-refractivity contribution in [3.05, 3.63) is 34.4 Å². The highest BCUT2D eigenvalue weighted by atomic mass is 19.2. The summed E-state index contributed by atoms with van der Waals surface area (Å²) in [5, 5.41) is 0. The van der Waals surface area contributed by atoms with Gasteiger partial charge in [0.2, 0.25) is 0 Å². The van der Waals surface area contributed by atoms with E-state index in [1.54, 1.807) is 0 Å². The third kappa shape index (κ3) is 5.19. The average Bonchev–Trinajstić information content (AvgIpc) is 2.48. The number of halogens is 4. The van der Waals surface area contributed by atoms with E-state index < -0.39 is 34.4 Å². The molecule has 0 bridgehead atoms. The van der Waals surface area contributed by atoms with Gasteiger partial charge in [-0.25, -0.2) is 17.6 Å².